The van der Waals surface area contributed by atoms with E-state index in [2.05, 4.69) is 72.3 Å². The maximum atomic E-state index is 13.1. The molecule has 1 unspecified atom stereocenters. The van der Waals surface area contributed by atoms with E-state index in [0.717, 1.165) is 68.3 Å². The van der Waals surface area contributed by atoms with E-state index in [9.17, 15) is 19.2 Å². The number of benzene rings is 3. The van der Waals surface area contributed by atoms with Gasteiger partial charge in [0.15, 0.2) is 0 Å². The number of carbonyl (C=O) groups excluding carboxylic acids is 4. The molecule has 15 heteroatoms. The largest absolute Gasteiger partial charge is 0.488 e. The van der Waals surface area contributed by atoms with Crippen molar-refractivity contribution in [1.82, 2.24) is 40.4 Å². The van der Waals surface area contributed by atoms with Gasteiger partial charge in [0, 0.05) is 23.5 Å². The van der Waals surface area contributed by atoms with Crippen LogP contribution in [0, 0.1) is 5.92 Å². The lowest BCUT2D eigenvalue weighted by Gasteiger charge is -2.28. The van der Waals surface area contributed by atoms with Crippen molar-refractivity contribution >= 4 is 45.8 Å². The van der Waals surface area contributed by atoms with Crippen molar-refractivity contribution in [3.05, 3.63) is 65.9 Å². The first-order valence-corrected chi connectivity index (χ1v) is 18.1. The monoisotopic (exact) mass is 736 g/mol. The number of alkyl carbamates (subject to hydrolysis) is 2. The third-order valence-electron chi connectivity index (χ3n) is 10.4. The van der Waals surface area contributed by atoms with Crippen LogP contribution < -0.4 is 15.4 Å². The maximum absolute atomic E-state index is 13.1. The molecule has 5 aromatic rings. The quantitative estimate of drug-likeness (QED) is 0.146. The molecule has 15 nitrogen and oxygen atoms in total. The zero-order valence-corrected chi connectivity index (χ0v) is 30.9. The summed E-state index contributed by atoms with van der Waals surface area (Å²) in [7, 11) is 2.52. The first-order chi connectivity index (χ1) is 26.1. The van der Waals surface area contributed by atoms with Crippen LogP contribution in [0.15, 0.2) is 48.7 Å². The molecule has 0 radical (unpaired) electrons. The summed E-state index contributed by atoms with van der Waals surface area (Å²) in [6.07, 6.45) is 1.96. The second kappa shape index (κ2) is 15.1. The van der Waals surface area contributed by atoms with Gasteiger partial charge < -0.3 is 44.6 Å². The summed E-state index contributed by atoms with van der Waals surface area (Å²) < 4.78 is 15.6. The molecule has 4 heterocycles. The average molecular weight is 737 g/mol. The van der Waals surface area contributed by atoms with Crippen molar-refractivity contribution in [2.45, 2.75) is 58.8 Å². The van der Waals surface area contributed by atoms with Gasteiger partial charge in [0.1, 0.15) is 37.1 Å². The van der Waals surface area contributed by atoms with Crippen molar-refractivity contribution in [2.24, 2.45) is 5.92 Å². The summed E-state index contributed by atoms with van der Waals surface area (Å²) in [4.78, 5) is 69.0. The minimum Gasteiger partial charge on any atom is -0.488 e. The molecule has 54 heavy (non-hydrogen) atoms. The summed E-state index contributed by atoms with van der Waals surface area (Å²) >= 11 is 0. The fourth-order valence-electron chi connectivity index (χ4n) is 7.32. The van der Waals surface area contributed by atoms with Crippen LogP contribution in [0.25, 0.3) is 44.2 Å². The van der Waals surface area contributed by atoms with E-state index in [1.807, 2.05) is 26.0 Å². The molecule has 0 spiro atoms. The first kappa shape index (κ1) is 36.2. The minimum absolute atomic E-state index is 0.0609. The molecule has 7 rings (SSSR count). The normalized spacial score (nSPS) is 16.6. The second-order valence-corrected chi connectivity index (χ2v) is 13.9. The van der Waals surface area contributed by atoms with Crippen LogP contribution >= 0.6 is 0 Å². The Bertz CT molecular complexity index is 2250. The molecule has 4 N–H and O–H groups in total. The van der Waals surface area contributed by atoms with Crippen LogP contribution in [0.2, 0.25) is 0 Å². The van der Waals surface area contributed by atoms with E-state index in [1.165, 1.54) is 14.2 Å². The fourth-order valence-corrected chi connectivity index (χ4v) is 7.32. The zero-order valence-electron chi connectivity index (χ0n) is 30.9. The highest BCUT2D eigenvalue weighted by molar-refractivity contribution is 6.07. The number of hydrogen-bond donors (Lipinski definition) is 4. The number of imidazole rings is 2. The third kappa shape index (κ3) is 7.13. The van der Waals surface area contributed by atoms with E-state index in [1.54, 1.807) is 16.0 Å². The van der Waals surface area contributed by atoms with Gasteiger partial charge in [-0.05, 0) is 72.0 Å². The van der Waals surface area contributed by atoms with Crippen molar-refractivity contribution in [3.8, 4) is 28.1 Å². The Morgan fingerprint density at radius 1 is 1.02 bits per heavy atom. The van der Waals surface area contributed by atoms with E-state index in [0.29, 0.717) is 24.8 Å². The summed E-state index contributed by atoms with van der Waals surface area (Å²) in [6.45, 7) is 6.97. The van der Waals surface area contributed by atoms with Crippen molar-refractivity contribution in [1.29, 1.82) is 0 Å². The number of amides is 4. The first-order valence-electron chi connectivity index (χ1n) is 18.1. The van der Waals surface area contributed by atoms with Gasteiger partial charge in [-0.2, -0.15) is 0 Å². The SMILES string of the molecule is CC[C@H](C)N(Cc1ncc(-c2ccc3c(c2)COc2cc4c(ccc5nc(C6C[C@H](C)CN6C(=O)CNC(=O)OC)[nH]c54)cc2-3)[nH]1)C(=O)CNC(=O)OC. The molecule has 1 fully saturated rings. The Morgan fingerprint density at radius 3 is 2.56 bits per heavy atom. The highest BCUT2D eigenvalue weighted by Crippen LogP contribution is 2.43. The van der Waals surface area contributed by atoms with E-state index in [-0.39, 0.29) is 49.5 Å². The molecule has 0 saturated carbocycles. The van der Waals surface area contributed by atoms with Crippen LogP contribution in [0.5, 0.6) is 5.75 Å². The number of methoxy groups -OCH3 is 2. The number of likely N-dealkylation sites (tertiary alicyclic amines) is 1. The third-order valence-corrected chi connectivity index (χ3v) is 10.4. The second-order valence-electron chi connectivity index (χ2n) is 13.9. The summed E-state index contributed by atoms with van der Waals surface area (Å²) in [5.74, 6) is 1.97. The van der Waals surface area contributed by atoms with Gasteiger partial charge in [-0.15, -0.1) is 0 Å². The number of ether oxygens (including phenoxy) is 3. The van der Waals surface area contributed by atoms with Crippen LogP contribution in [0.1, 0.15) is 56.9 Å². The summed E-state index contributed by atoms with van der Waals surface area (Å²) in [5.41, 5.74) is 6.53. The highest BCUT2D eigenvalue weighted by atomic mass is 16.5. The summed E-state index contributed by atoms with van der Waals surface area (Å²) in [6, 6.07) is 14.2. The Balaban J connectivity index is 1.11. The predicted molar refractivity (Wildman–Crippen MR) is 200 cm³/mol. The number of carbonyl (C=O) groups is 4. The Hall–Kier alpha value is -6.12. The molecule has 4 amide bonds. The highest BCUT2D eigenvalue weighted by Gasteiger charge is 2.36. The number of fused-ring (bicyclic) bond motifs is 6. The van der Waals surface area contributed by atoms with E-state index >= 15 is 0 Å². The van der Waals surface area contributed by atoms with Gasteiger partial charge in [0.2, 0.25) is 11.8 Å². The number of rotatable bonds is 10. The standard InChI is InChI=1S/C39H44N8O7/c1-6-22(3)46(34(48)16-41-38(50)52-4)19-33-40-15-30(43-33)24-7-9-26-25(12-24)20-54-32-14-27-23(13-28(26)32)8-10-29-36(27)45-37(44-29)31-11-21(2)18-47(31)35(49)17-42-39(51)53-5/h7-10,12-15,21-22,31H,6,11,16-20H2,1-5H3,(H,40,43)(H,41,50)(H,42,51)(H,44,45)/t21-,22-,31?/m0/s1. The molecular weight excluding hydrogens is 692 g/mol. The number of nitrogens with zero attached hydrogens (tertiary/aromatic N) is 4. The van der Waals surface area contributed by atoms with Crippen LogP contribution in [0.3, 0.4) is 0 Å². The van der Waals surface area contributed by atoms with Gasteiger partial charge in [-0.1, -0.05) is 32.0 Å². The van der Waals surface area contributed by atoms with Gasteiger partial charge in [0.25, 0.3) is 0 Å². The lowest BCUT2D eigenvalue weighted by atomic mass is 9.92. The average Bonchev–Trinajstić information content (AvgIpc) is 3.95. The number of H-pyrrole nitrogens is 2. The van der Waals surface area contributed by atoms with Gasteiger partial charge >= 0.3 is 12.2 Å². The van der Waals surface area contributed by atoms with E-state index in [4.69, 9.17) is 9.72 Å². The fraction of sp³-hybridized carbons (Fsp3) is 0.385. The molecule has 2 aromatic heterocycles. The van der Waals surface area contributed by atoms with Gasteiger partial charge in [0.05, 0.1) is 49.7 Å². The molecule has 3 atom stereocenters. The molecule has 1 saturated heterocycles. The topological polar surface area (TPSA) is 184 Å². The molecular formula is C39H44N8O7. The number of hydrogen-bond acceptors (Lipinski definition) is 9. The Morgan fingerprint density at radius 2 is 1.80 bits per heavy atom. The molecule has 0 bridgehead atoms. The van der Waals surface area contributed by atoms with Crippen LogP contribution in [-0.2, 0) is 32.2 Å². The maximum Gasteiger partial charge on any atom is 0.407 e. The Kier molecular flexibility index (Phi) is 10.1. The van der Waals surface area contributed by atoms with Gasteiger partial charge in [-0.3, -0.25) is 9.59 Å². The summed E-state index contributed by atoms with van der Waals surface area (Å²) in [5, 5.41) is 6.94. The smallest absolute Gasteiger partial charge is 0.407 e. The van der Waals surface area contributed by atoms with Crippen LogP contribution in [0.4, 0.5) is 9.59 Å². The van der Waals surface area contributed by atoms with Crippen molar-refractivity contribution in [2.75, 3.05) is 33.9 Å². The number of nitrogens with one attached hydrogen (secondary N) is 4. The lowest BCUT2D eigenvalue weighted by molar-refractivity contribution is -0.133. The minimum atomic E-state index is -0.658. The lowest BCUT2D eigenvalue weighted by Crippen LogP contribution is -2.44. The Labute approximate surface area is 311 Å². The van der Waals surface area contributed by atoms with E-state index < -0.39 is 12.2 Å². The van der Waals surface area contributed by atoms with Gasteiger partial charge in [-0.25, -0.2) is 19.6 Å². The molecule has 2 aliphatic rings. The molecule has 2 aliphatic heterocycles. The van der Waals surface area contributed by atoms with Crippen LogP contribution in [-0.4, -0.2) is 93.6 Å². The number of aromatic amines is 2. The number of aromatic nitrogens is 4. The van der Waals surface area contributed by atoms with Crippen molar-refractivity contribution < 1.29 is 33.4 Å². The molecule has 282 valence electrons. The molecule has 3 aromatic carbocycles. The molecule has 0 aliphatic carbocycles. The van der Waals surface area contributed by atoms with Crippen molar-refractivity contribution in [3.63, 3.8) is 0 Å². The zero-order chi connectivity index (χ0) is 38.1. The predicted octanol–water partition coefficient (Wildman–Crippen LogP) is 5.41.